The molecular formula is C17H26BrNO2. The highest BCUT2D eigenvalue weighted by atomic mass is 79.9. The topological polar surface area (TPSA) is 41.5 Å². The Morgan fingerprint density at radius 1 is 1.33 bits per heavy atom. The van der Waals surface area contributed by atoms with Crippen molar-refractivity contribution in [3.63, 3.8) is 0 Å². The van der Waals surface area contributed by atoms with Crippen molar-refractivity contribution in [1.29, 1.82) is 0 Å². The van der Waals surface area contributed by atoms with Gasteiger partial charge in [0.05, 0.1) is 0 Å². The highest BCUT2D eigenvalue weighted by Gasteiger charge is 2.20. The molecule has 1 aliphatic carbocycles. The fourth-order valence-electron chi connectivity index (χ4n) is 2.89. The molecular weight excluding hydrogens is 330 g/mol. The molecule has 0 spiro atoms. The molecule has 21 heavy (non-hydrogen) atoms. The molecule has 0 amide bonds. The van der Waals surface area contributed by atoms with Crippen LogP contribution in [-0.2, 0) is 0 Å². The number of halogens is 1. The number of benzene rings is 1. The lowest BCUT2D eigenvalue weighted by atomic mass is 9.97. The second-order valence-corrected chi connectivity index (χ2v) is 6.97. The van der Waals surface area contributed by atoms with Gasteiger partial charge in [-0.25, -0.2) is 0 Å². The molecule has 0 radical (unpaired) electrons. The predicted octanol–water partition coefficient (Wildman–Crippen LogP) is 3.75. The van der Waals surface area contributed by atoms with Crippen molar-refractivity contribution >= 4 is 15.9 Å². The molecule has 0 aliphatic heterocycles. The Morgan fingerprint density at radius 3 is 2.95 bits per heavy atom. The van der Waals surface area contributed by atoms with Crippen LogP contribution in [0.15, 0.2) is 28.7 Å². The van der Waals surface area contributed by atoms with Gasteiger partial charge in [0.25, 0.3) is 0 Å². The highest BCUT2D eigenvalue weighted by Crippen LogP contribution is 2.23. The summed E-state index contributed by atoms with van der Waals surface area (Å²) in [7, 11) is 0. The van der Waals surface area contributed by atoms with Gasteiger partial charge in [0.2, 0.25) is 0 Å². The monoisotopic (exact) mass is 355 g/mol. The molecule has 0 saturated heterocycles. The van der Waals surface area contributed by atoms with E-state index < -0.39 is 6.10 Å². The molecule has 1 fully saturated rings. The zero-order valence-electron chi connectivity index (χ0n) is 12.7. The lowest BCUT2D eigenvalue weighted by Crippen LogP contribution is -2.40. The van der Waals surface area contributed by atoms with Gasteiger partial charge in [-0.1, -0.05) is 48.2 Å². The summed E-state index contributed by atoms with van der Waals surface area (Å²) in [5.41, 5.74) is 0. The Hall–Kier alpha value is -0.580. The van der Waals surface area contributed by atoms with E-state index in [0.29, 0.717) is 25.1 Å². The zero-order valence-corrected chi connectivity index (χ0v) is 14.3. The number of ether oxygens (including phenoxy) is 1. The Labute approximate surface area is 136 Å². The van der Waals surface area contributed by atoms with Gasteiger partial charge in [0.1, 0.15) is 18.5 Å². The number of aliphatic hydroxyl groups excluding tert-OH is 1. The van der Waals surface area contributed by atoms with Gasteiger partial charge in [0.15, 0.2) is 0 Å². The lowest BCUT2D eigenvalue weighted by molar-refractivity contribution is 0.101. The van der Waals surface area contributed by atoms with Crippen molar-refractivity contribution in [1.82, 2.24) is 5.32 Å². The third kappa shape index (κ3) is 5.97. The standard InChI is InChI=1S/C17H26BrNO2/c1-13-6-3-2-4-9-17(13)19-11-15(20)12-21-16-8-5-7-14(18)10-16/h5,7-8,10,13,15,17,19-20H,2-4,6,9,11-12H2,1H3. The van der Waals surface area contributed by atoms with Crippen LogP contribution in [0.3, 0.4) is 0 Å². The van der Waals surface area contributed by atoms with Gasteiger partial charge in [-0.15, -0.1) is 0 Å². The van der Waals surface area contributed by atoms with E-state index in [9.17, 15) is 5.11 Å². The van der Waals surface area contributed by atoms with Crippen molar-refractivity contribution in [3.05, 3.63) is 28.7 Å². The lowest BCUT2D eigenvalue weighted by Gasteiger charge is -2.24. The van der Waals surface area contributed by atoms with Crippen LogP contribution in [0.1, 0.15) is 39.0 Å². The number of hydrogen-bond acceptors (Lipinski definition) is 3. The van der Waals surface area contributed by atoms with Crippen LogP contribution in [0.2, 0.25) is 0 Å². The summed E-state index contributed by atoms with van der Waals surface area (Å²) in [6, 6.07) is 8.23. The molecule has 1 saturated carbocycles. The maximum Gasteiger partial charge on any atom is 0.120 e. The van der Waals surface area contributed by atoms with Gasteiger partial charge in [-0.3, -0.25) is 0 Å². The minimum Gasteiger partial charge on any atom is -0.491 e. The minimum absolute atomic E-state index is 0.324. The summed E-state index contributed by atoms with van der Waals surface area (Å²) >= 11 is 3.41. The molecule has 3 nitrogen and oxygen atoms in total. The van der Waals surface area contributed by atoms with Crippen LogP contribution in [0.25, 0.3) is 0 Å². The Kier molecular flexibility index (Phi) is 7.00. The van der Waals surface area contributed by atoms with Gasteiger partial charge >= 0.3 is 0 Å². The first-order chi connectivity index (χ1) is 10.1. The Balaban J connectivity index is 1.70. The van der Waals surface area contributed by atoms with Crippen molar-refractivity contribution < 1.29 is 9.84 Å². The minimum atomic E-state index is -0.473. The maximum atomic E-state index is 10.1. The third-order valence-corrected chi connectivity index (χ3v) is 4.71. The van der Waals surface area contributed by atoms with Gasteiger partial charge < -0.3 is 15.2 Å². The second kappa shape index (κ2) is 8.76. The molecule has 2 N–H and O–H groups in total. The highest BCUT2D eigenvalue weighted by molar-refractivity contribution is 9.10. The molecule has 1 aliphatic rings. The van der Waals surface area contributed by atoms with Crippen molar-refractivity contribution in [2.75, 3.05) is 13.2 Å². The average molecular weight is 356 g/mol. The van der Waals surface area contributed by atoms with Crippen LogP contribution < -0.4 is 10.1 Å². The first kappa shape index (κ1) is 16.8. The van der Waals surface area contributed by atoms with Gasteiger partial charge in [0, 0.05) is 17.1 Å². The average Bonchev–Trinajstić information content (AvgIpc) is 2.67. The third-order valence-electron chi connectivity index (χ3n) is 4.22. The molecule has 0 heterocycles. The SMILES string of the molecule is CC1CCCCCC1NCC(O)COc1cccc(Br)c1. The molecule has 3 atom stereocenters. The first-order valence-electron chi connectivity index (χ1n) is 7.95. The van der Waals surface area contributed by atoms with E-state index in [1.807, 2.05) is 24.3 Å². The summed E-state index contributed by atoms with van der Waals surface area (Å²) in [4.78, 5) is 0. The molecule has 1 aromatic rings. The van der Waals surface area contributed by atoms with E-state index in [1.54, 1.807) is 0 Å². The molecule has 4 heteroatoms. The molecule has 1 aromatic carbocycles. The van der Waals surface area contributed by atoms with E-state index in [0.717, 1.165) is 10.2 Å². The van der Waals surface area contributed by atoms with Crippen molar-refractivity contribution in [2.45, 2.75) is 51.2 Å². The van der Waals surface area contributed by atoms with Gasteiger partial charge in [-0.05, 0) is 37.0 Å². The molecule has 0 aromatic heterocycles. The Morgan fingerprint density at radius 2 is 2.14 bits per heavy atom. The summed E-state index contributed by atoms with van der Waals surface area (Å²) < 4.78 is 6.61. The number of aliphatic hydroxyl groups is 1. The zero-order chi connectivity index (χ0) is 15.1. The fourth-order valence-corrected chi connectivity index (χ4v) is 3.27. The smallest absolute Gasteiger partial charge is 0.120 e. The number of rotatable bonds is 6. The predicted molar refractivity (Wildman–Crippen MR) is 89.7 cm³/mol. The van der Waals surface area contributed by atoms with Crippen LogP contribution in [0, 0.1) is 5.92 Å². The fraction of sp³-hybridized carbons (Fsp3) is 0.647. The van der Waals surface area contributed by atoms with Crippen molar-refractivity contribution in [2.24, 2.45) is 5.92 Å². The maximum absolute atomic E-state index is 10.1. The Bertz CT molecular complexity index is 427. The largest absolute Gasteiger partial charge is 0.491 e. The van der Waals surface area contributed by atoms with E-state index in [2.05, 4.69) is 28.2 Å². The first-order valence-corrected chi connectivity index (χ1v) is 8.74. The molecule has 3 unspecified atom stereocenters. The summed E-state index contributed by atoms with van der Waals surface area (Å²) in [5, 5.41) is 13.6. The van der Waals surface area contributed by atoms with E-state index >= 15 is 0 Å². The van der Waals surface area contributed by atoms with Crippen LogP contribution >= 0.6 is 15.9 Å². The quantitative estimate of drug-likeness (QED) is 0.763. The van der Waals surface area contributed by atoms with Gasteiger partial charge in [-0.2, -0.15) is 0 Å². The number of hydrogen-bond donors (Lipinski definition) is 2. The molecule has 0 bridgehead atoms. The van der Waals surface area contributed by atoms with E-state index in [-0.39, 0.29) is 0 Å². The number of nitrogens with one attached hydrogen (secondary N) is 1. The van der Waals surface area contributed by atoms with E-state index in [1.165, 1.54) is 32.1 Å². The van der Waals surface area contributed by atoms with Crippen LogP contribution in [0.4, 0.5) is 0 Å². The second-order valence-electron chi connectivity index (χ2n) is 6.05. The molecule has 118 valence electrons. The summed E-state index contributed by atoms with van der Waals surface area (Å²) in [5.74, 6) is 1.48. The van der Waals surface area contributed by atoms with Crippen LogP contribution in [-0.4, -0.2) is 30.4 Å². The summed E-state index contributed by atoms with van der Waals surface area (Å²) in [6.45, 7) is 3.24. The van der Waals surface area contributed by atoms with Crippen molar-refractivity contribution in [3.8, 4) is 5.75 Å². The normalized spacial score (nSPS) is 24.3. The summed E-state index contributed by atoms with van der Waals surface area (Å²) in [6.07, 6.45) is 6.03. The van der Waals surface area contributed by atoms with Crippen LogP contribution in [0.5, 0.6) is 5.75 Å². The molecule has 2 rings (SSSR count). The van der Waals surface area contributed by atoms with E-state index in [4.69, 9.17) is 4.74 Å².